The van der Waals surface area contributed by atoms with E-state index >= 15 is 0 Å². The summed E-state index contributed by atoms with van der Waals surface area (Å²) in [6, 6.07) is 8.66. The van der Waals surface area contributed by atoms with Crippen molar-refractivity contribution in [3.8, 4) is 0 Å². The number of hydrogen-bond donors (Lipinski definition) is 2. The van der Waals surface area contributed by atoms with Crippen LogP contribution in [0.1, 0.15) is 5.56 Å². The highest BCUT2D eigenvalue weighted by atomic mass is 79.9. The summed E-state index contributed by atoms with van der Waals surface area (Å²) in [5.41, 5.74) is 1.52. The highest BCUT2D eigenvalue weighted by molar-refractivity contribution is 9.11. The Balaban J connectivity index is 2.26. The van der Waals surface area contributed by atoms with Crippen LogP contribution in [0.3, 0.4) is 0 Å². The number of rotatable bonds is 5. The summed E-state index contributed by atoms with van der Waals surface area (Å²) in [5.74, 6) is 0. The zero-order valence-electron chi connectivity index (χ0n) is 10.5. The van der Waals surface area contributed by atoms with Gasteiger partial charge in [-0.1, -0.05) is 23.7 Å². The zero-order valence-corrected chi connectivity index (χ0v) is 14.5. The molecule has 8 heteroatoms. The van der Waals surface area contributed by atoms with E-state index in [0.29, 0.717) is 21.0 Å². The van der Waals surface area contributed by atoms with Crippen LogP contribution in [0.2, 0.25) is 5.02 Å². The number of thiophene rings is 1. The number of benzene rings is 1. The van der Waals surface area contributed by atoms with Crippen molar-refractivity contribution in [2.45, 2.75) is 10.8 Å². The lowest BCUT2D eigenvalue weighted by Crippen LogP contribution is -2.12. The lowest BCUT2D eigenvalue weighted by atomic mass is 10.2. The number of hydrogen-bond acceptors (Lipinski definition) is 4. The Morgan fingerprint density at radius 1 is 1.35 bits per heavy atom. The van der Waals surface area contributed by atoms with Gasteiger partial charge in [0.25, 0.3) is 10.0 Å². The summed E-state index contributed by atoms with van der Waals surface area (Å²) in [4.78, 5) is 0. The minimum absolute atomic E-state index is 0.174. The van der Waals surface area contributed by atoms with E-state index in [1.165, 1.54) is 6.07 Å². The zero-order chi connectivity index (χ0) is 14.8. The standard InChI is InChI=1S/C12H12BrClN2O2S2/c1-15-7-8-3-2-4-9(5-8)16-20(17,18)11-6-10(14)12(13)19-11/h2-6,15-16H,7H2,1H3. The van der Waals surface area contributed by atoms with Crippen LogP contribution in [0, 0.1) is 0 Å². The van der Waals surface area contributed by atoms with Gasteiger partial charge >= 0.3 is 0 Å². The topological polar surface area (TPSA) is 58.2 Å². The molecule has 108 valence electrons. The van der Waals surface area contributed by atoms with Crippen LogP contribution < -0.4 is 10.0 Å². The highest BCUT2D eigenvalue weighted by Crippen LogP contribution is 2.35. The third-order valence-electron chi connectivity index (χ3n) is 2.45. The van der Waals surface area contributed by atoms with Crippen LogP contribution in [-0.4, -0.2) is 15.5 Å². The minimum atomic E-state index is -3.61. The van der Waals surface area contributed by atoms with Crippen molar-refractivity contribution in [2.75, 3.05) is 11.8 Å². The van der Waals surface area contributed by atoms with Gasteiger partial charge < -0.3 is 5.32 Å². The second-order valence-corrected chi connectivity index (χ2v) is 8.71. The lowest BCUT2D eigenvalue weighted by Gasteiger charge is -2.08. The fourth-order valence-electron chi connectivity index (χ4n) is 1.61. The van der Waals surface area contributed by atoms with Crippen molar-refractivity contribution in [3.63, 3.8) is 0 Å². The van der Waals surface area contributed by atoms with E-state index in [-0.39, 0.29) is 4.21 Å². The first-order valence-corrected chi connectivity index (χ1v) is 9.10. The molecule has 0 unspecified atom stereocenters. The molecule has 0 radical (unpaired) electrons. The summed E-state index contributed by atoms with van der Waals surface area (Å²) in [6.45, 7) is 0.673. The second kappa shape index (κ2) is 6.44. The highest BCUT2D eigenvalue weighted by Gasteiger charge is 2.19. The quantitative estimate of drug-likeness (QED) is 0.812. The fourth-order valence-corrected chi connectivity index (χ4v) is 5.06. The van der Waals surface area contributed by atoms with E-state index in [4.69, 9.17) is 11.6 Å². The molecule has 0 saturated carbocycles. The largest absolute Gasteiger partial charge is 0.316 e. The molecule has 0 saturated heterocycles. The maximum absolute atomic E-state index is 12.2. The van der Waals surface area contributed by atoms with Crippen molar-refractivity contribution >= 4 is 54.6 Å². The van der Waals surface area contributed by atoms with E-state index in [1.807, 2.05) is 19.2 Å². The summed E-state index contributed by atoms with van der Waals surface area (Å²) >= 11 is 10.2. The molecule has 20 heavy (non-hydrogen) atoms. The average Bonchev–Trinajstić information content (AvgIpc) is 2.71. The van der Waals surface area contributed by atoms with Crippen molar-refractivity contribution in [3.05, 3.63) is 44.7 Å². The Kier molecular flexibility index (Phi) is 5.09. The predicted octanol–water partition coefficient (Wildman–Crippen LogP) is 3.68. The van der Waals surface area contributed by atoms with Crippen molar-refractivity contribution in [2.24, 2.45) is 0 Å². The van der Waals surface area contributed by atoms with Gasteiger partial charge in [-0.2, -0.15) is 0 Å². The molecule has 2 N–H and O–H groups in total. The van der Waals surface area contributed by atoms with E-state index in [2.05, 4.69) is 26.0 Å². The van der Waals surface area contributed by atoms with E-state index in [1.54, 1.807) is 12.1 Å². The summed E-state index contributed by atoms with van der Waals surface area (Å²) in [7, 11) is -1.78. The van der Waals surface area contributed by atoms with Gasteiger partial charge in [0, 0.05) is 12.2 Å². The molecule has 2 aromatic rings. The predicted molar refractivity (Wildman–Crippen MR) is 87.0 cm³/mol. The molecule has 0 spiro atoms. The average molecular weight is 396 g/mol. The van der Waals surface area contributed by atoms with Crippen molar-refractivity contribution in [1.29, 1.82) is 0 Å². The van der Waals surface area contributed by atoms with Crippen LogP contribution >= 0.6 is 38.9 Å². The van der Waals surface area contributed by atoms with Gasteiger partial charge in [-0.3, -0.25) is 4.72 Å². The number of halogens is 2. The number of anilines is 1. The van der Waals surface area contributed by atoms with Crippen LogP contribution in [0.4, 0.5) is 5.69 Å². The molecule has 1 heterocycles. The first-order valence-electron chi connectivity index (χ1n) is 5.63. The van der Waals surface area contributed by atoms with Gasteiger partial charge in [0.2, 0.25) is 0 Å². The Morgan fingerprint density at radius 3 is 2.70 bits per heavy atom. The van der Waals surface area contributed by atoms with Crippen LogP contribution in [0.25, 0.3) is 0 Å². The summed E-state index contributed by atoms with van der Waals surface area (Å²) in [6.07, 6.45) is 0. The molecular weight excluding hydrogens is 384 g/mol. The second-order valence-electron chi connectivity index (χ2n) is 4.02. The van der Waals surface area contributed by atoms with Gasteiger partial charge in [0.15, 0.2) is 0 Å². The molecule has 1 aromatic carbocycles. The third kappa shape index (κ3) is 3.73. The van der Waals surface area contributed by atoms with E-state index in [0.717, 1.165) is 16.9 Å². The normalized spacial score (nSPS) is 11.6. The Labute approximate surface area is 135 Å². The molecule has 0 amide bonds. The monoisotopic (exact) mass is 394 g/mol. The SMILES string of the molecule is CNCc1cccc(NS(=O)(=O)c2cc(Cl)c(Br)s2)c1. The number of nitrogens with one attached hydrogen (secondary N) is 2. The smallest absolute Gasteiger partial charge is 0.271 e. The summed E-state index contributed by atoms with van der Waals surface area (Å²) < 4.78 is 27.8. The molecule has 1 aromatic heterocycles. The molecule has 0 aliphatic carbocycles. The third-order valence-corrected chi connectivity index (χ3v) is 6.78. The lowest BCUT2D eigenvalue weighted by molar-refractivity contribution is 0.603. The Bertz CT molecular complexity index is 696. The van der Waals surface area contributed by atoms with Gasteiger partial charge in [-0.15, -0.1) is 11.3 Å². The molecule has 0 bridgehead atoms. The van der Waals surface area contributed by atoms with E-state index < -0.39 is 10.0 Å². The van der Waals surface area contributed by atoms with Gasteiger partial charge in [-0.05, 0) is 46.7 Å². The van der Waals surface area contributed by atoms with E-state index in [9.17, 15) is 8.42 Å². The fraction of sp³-hybridized carbons (Fsp3) is 0.167. The molecule has 0 aliphatic heterocycles. The molecule has 2 rings (SSSR count). The van der Waals surface area contributed by atoms with Crippen molar-refractivity contribution < 1.29 is 8.42 Å². The molecule has 0 fully saturated rings. The molecular formula is C12H12BrClN2O2S2. The van der Waals surface area contributed by atoms with Gasteiger partial charge in [0.1, 0.15) is 4.21 Å². The van der Waals surface area contributed by atoms with Crippen LogP contribution in [0.5, 0.6) is 0 Å². The Morgan fingerprint density at radius 2 is 2.10 bits per heavy atom. The van der Waals surface area contributed by atoms with Gasteiger partial charge in [-0.25, -0.2) is 8.42 Å². The van der Waals surface area contributed by atoms with Crippen molar-refractivity contribution in [1.82, 2.24) is 5.32 Å². The maximum atomic E-state index is 12.2. The first-order chi connectivity index (χ1) is 9.42. The number of sulfonamides is 1. The summed E-state index contributed by atoms with van der Waals surface area (Å²) in [5, 5.41) is 3.41. The Hall–Kier alpha value is -0.600. The molecule has 0 atom stereocenters. The van der Waals surface area contributed by atoms with Gasteiger partial charge in [0.05, 0.1) is 8.81 Å². The van der Waals surface area contributed by atoms with Crippen LogP contribution in [0.15, 0.2) is 38.3 Å². The maximum Gasteiger partial charge on any atom is 0.271 e. The minimum Gasteiger partial charge on any atom is -0.316 e. The first kappa shape index (κ1) is 15.8. The molecule has 0 aliphatic rings. The van der Waals surface area contributed by atoms with Crippen LogP contribution in [-0.2, 0) is 16.6 Å². The molecule has 4 nitrogen and oxygen atoms in total.